The normalized spacial score (nSPS) is 13.2. The highest BCUT2D eigenvalue weighted by Gasteiger charge is 2.20. The highest BCUT2D eigenvalue weighted by Crippen LogP contribution is 2.38. The van der Waals surface area contributed by atoms with E-state index >= 15 is 0 Å². The second kappa shape index (κ2) is 9.54. The number of aromatic amines is 1. The van der Waals surface area contributed by atoms with Crippen LogP contribution >= 0.6 is 0 Å². The molecule has 2 N–H and O–H groups in total. The number of nitrogens with zero attached hydrogens (tertiary/aromatic N) is 3. The number of rotatable bonds is 6. The zero-order valence-corrected chi connectivity index (χ0v) is 21.2. The van der Waals surface area contributed by atoms with Gasteiger partial charge in [-0.15, -0.1) is 0 Å². The van der Waals surface area contributed by atoms with Crippen LogP contribution in [0.3, 0.4) is 0 Å². The Labute approximate surface area is 215 Å². The summed E-state index contributed by atoms with van der Waals surface area (Å²) in [7, 11) is 3.29. The molecular formula is C29H29N5O3. The predicted octanol–water partition coefficient (Wildman–Crippen LogP) is 5.63. The van der Waals surface area contributed by atoms with Crippen molar-refractivity contribution in [3.63, 3.8) is 0 Å². The van der Waals surface area contributed by atoms with E-state index in [4.69, 9.17) is 14.2 Å². The van der Waals surface area contributed by atoms with Crippen molar-refractivity contribution in [2.75, 3.05) is 44.1 Å². The summed E-state index contributed by atoms with van der Waals surface area (Å²) in [6.07, 6.45) is 1.84. The van der Waals surface area contributed by atoms with Gasteiger partial charge in [-0.3, -0.25) is 4.98 Å². The predicted molar refractivity (Wildman–Crippen MR) is 147 cm³/mol. The minimum Gasteiger partial charge on any atom is -0.493 e. The lowest BCUT2D eigenvalue weighted by Crippen LogP contribution is -2.25. The Balaban J connectivity index is 1.36. The molecule has 8 nitrogen and oxygen atoms in total. The molecule has 1 aliphatic heterocycles. The standard InChI is InChI=1S/C29H29N5O3/c1-4-30-29-32-22-7-5-19(14-24(22)33-29)18-6-8-26-20(13-18)17-34(11-12-37-26)25-9-10-31-23-16-28(36-3)27(35-2)15-21(23)25/h5-10,13-16H,4,11-12,17H2,1-3H3,(H2,30,32,33). The van der Waals surface area contributed by atoms with Gasteiger partial charge in [-0.05, 0) is 54.4 Å². The maximum Gasteiger partial charge on any atom is 0.201 e. The summed E-state index contributed by atoms with van der Waals surface area (Å²) < 4.78 is 17.2. The van der Waals surface area contributed by atoms with Crippen LogP contribution < -0.4 is 24.4 Å². The summed E-state index contributed by atoms with van der Waals surface area (Å²) in [5.74, 6) is 3.06. The molecule has 0 saturated heterocycles. The molecule has 0 bridgehead atoms. The number of anilines is 2. The maximum atomic E-state index is 6.16. The van der Waals surface area contributed by atoms with Crippen LogP contribution in [0, 0.1) is 0 Å². The van der Waals surface area contributed by atoms with Crippen molar-refractivity contribution in [1.82, 2.24) is 15.0 Å². The van der Waals surface area contributed by atoms with E-state index in [0.717, 1.165) is 69.1 Å². The molecule has 6 rings (SSSR count). The second-order valence-corrected chi connectivity index (χ2v) is 8.99. The van der Waals surface area contributed by atoms with E-state index in [0.29, 0.717) is 24.7 Å². The molecule has 0 aliphatic carbocycles. The summed E-state index contributed by atoms with van der Waals surface area (Å²) in [6.45, 7) is 4.94. The number of H-pyrrole nitrogens is 1. The van der Waals surface area contributed by atoms with Gasteiger partial charge < -0.3 is 29.4 Å². The number of benzene rings is 3. The Morgan fingerprint density at radius 1 is 0.973 bits per heavy atom. The minimum absolute atomic E-state index is 0.594. The zero-order valence-electron chi connectivity index (χ0n) is 21.2. The minimum atomic E-state index is 0.594. The summed E-state index contributed by atoms with van der Waals surface area (Å²) >= 11 is 0. The van der Waals surface area contributed by atoms with Gasteiger partial charge in [-0.1, -0.05) is 12.1 Å². The third kappa shape index (κ3) is 4.24. The van der Waals surface area contributed by atoms with Crippen molar-refractivity contribution in [3.8, 4) is 28.4 Å². The van der Waals surface area contributed by atoms with Gasteiger partial charge in [0.25, 0.3) is 0 Å². The Bertz CT molecular complexity index is 1600. The van der Waals surface area contributed by atoms with Crippen LogP contribution in [-0.4, -0.2) is 48.9 Å². The number of methoxy groups -OCH3 is 2. The second-order valence-electron chi connectivity index (χ2n) is 8.99. The van der Waals surface area contributed by atoms with Crippen LogP contribution in [0.15, 0.2) is 60.8 Å². The van der Waals surface area contributed by atoms with Crippen molar-refractivity contribution < 1.29 is 14.2 Å². The monoisotopic (exact) mass is 495 g/mol. The van der Waals surface area contributed by atoms with E-state index in [9.17, 15) is 0 Å². The summed E-state index contributed by atoms with van der Waals surface area (Å²) in [6, 6.07) is 18.7. The fourth-order valence-corrected chi connectivity index (χ4v) is 4.95. The largest absolute Gasteiger partial charge is 0.493 e. The molecule has 3 heterocycles. The number of fused-ring (bicyclic) bond motifs is 3. The quantitative estimate of drug-likeness (QED) is 0.316. The van der Waals surface area contributed by atoms with E-state index in [1.807, 2.05) is 18.3 Å². The molecular weight excluding hydrogens is 466 g/mol. The SMILES string of the molecule is CCNc1nc2ccc(-c3ccc4c(c3)CN(c3ccnc5cc(OC)c(OC)cc35)CCO4)cc2[nH]1. The Morgan fingerprint density at radius 3 is 2.62 bits per heavy atom. The van der Waals surface area contributed by atoms with E-state index in [1.54, 1.807) is 14.2 Å². The highest BCUT2D eigenvalue weighted by molar-refractivity contribution is 5.94. The highest BCUT2D eigenvalue weighted by atomic mass is 16.5. The molecule has 0 atom stereocenters. The van der Waals surface area contributed by atoms with Gasteiger partial charge in [-0.25, -0.2) is 4.98 Å². The molecule has 37 heavy (non-hydrogen) atoms. The van der Waals surface area contributed by atoms with E-state index < -0.39 is 0 Å². The number of ether oxygens (including phenoxy) is 3. The van der Waals surface area contributed by atoms with Gasteiger partial charge in [0.2, 0.25) is 5.95 Å². The molecule has 3 aromatic carbocycles. The van der Waals surface area contributed by atoms with Gasteiger partial charge in [-0.2, -0.15) is 0 Å². The van der Waals surface area contributed by atoms with Crippen LogP contribution in [-0.2, 0) is 6.54 Å². The molecule has 2 aromatic heterocycles. The molecule has 0 unspecified atom stereocenters. The molecule has 0 spiro atoms. The fourth-order valence-electron chi connectivity index (χ4n) is 4.95. The number of hydrogen-bond acceptors (Lipinski definition) is 7. The van der Waals surface area contributed by atoms with Gasteiger partial charge in [0, 0.05) is 42.0 Å². The maximum absolute atomic E-state index is 6.16. The van der Waals surface area contributed by atoms with Crippen LogP contribution in [0.5, 0.6) is 17.2 Å². The van der Waals surface area contributed by atoms with Crippen molar-refractivity contribution in [2.24, 2.45) is 0 Å². The number of nitrogens with one attached hydrogen (secondary N) is 2. The van der Waals surface area contributed by atoms with Crippen molar-refractivity contribution in [1.29, 1.82) is 0 Å². The average molecular weight is 496 g/mol. The number of aromatic nitrogens is 3. The molecule has 0 fully saturated rings. The van der Waals surface area contributed by atoms with Crippen LogP contribution in [0.2, 0.25) is 0 Å². The average Bonchev–Trinajstić information content (AvgIpc) is 3.21. The topological polar surface area (TPSA) is 84.5 Å². The summed E-state index contributed by atoms with van der Waals surface area (Å²) in [5, 5.41) is 4.26. The van der Waals surface area contributed by atoms with Crippen LogP contribution in [0.25, 0.3) is 33.1 Å². The molecule has 188 valence electrons. The molecule has 5 aromatic rings. The van der Waals surface area contributed by atoms with Crippen molar-refractivity contribution in [2.45, 2.75) is 13.5 Å². The first kappa shape index (κ1) is 23.0. The van der Waals surface area contributed by atoms with Gasteiger partial charge >= 0.3 is 0 Å². The van der Waals surface area contributed by atoms with Crippen molar-refractivity contribution in [3.05, 3.63) is 66.4 Å². The fraction of sp³-hybridized carbons (Fsp3) is 0.241. The summed E-state index contributed by atoms with van der Waals surface area (Å²) in [5.41, 5.74) is 7.30. The van der Waals surface area contributed by atoms with E-state index in [1.165, 1.54) is 0 Å². The van der Waals surface area contributed by atoms with E-state index in [2.05, 4.69) is 74.6 Å². The van der Waals surface area contributed by atoms with Gasteiger partial charge in [0.05, 0.1) is 37.3 Å². The summed E-state index contributed by atoms with van der Waals surface area (Å²) in [4.78, 5) is 14.9. The first-order valence-electron chi connectivity index (χ1n) is 12.4. The number of imidazole rings is 1. The Hall–Kier alpha value is -4.46. The van der Waals surface area contributed by atoms with Crippen LogP contribution in [0.4, 0.5) is 11.6 Å². The lowest BCUT2D eigenvalue weighted by atomic mass is 10.0. The lowest BCUT2D eigenvalue weighted by Gasteiger charge is -2.24. The lowest BCUT2D eigenvalue weighted by molar-refractivity contribution is 0.332. The molecule has 1 aliphatic rings. The third-order valence-electron chi connectivity index (χ3n) is 6.76. The third-order valence-corrected chi connectivity index (χ3v) is 6.76. The van der Waals surface area contributed by atoms with Gasteiger partial charge in [0.15, 0.2) is 11.5 Å². The first-order chi connectivity index (χ1) is 18.2. The van der Waals surface area contributed by atoms with E-state index in [-0.39, 0.29) is 0 Å². The number of hydrogen-bond donors (Lipinski definition) is 2. The number of pyridine rings is 1. The molecule has 0 amide bonds. The smallest absolute Gasteiger partial charge is 0.201 e. The first-order valence-corrected chi connectivity index (χ1v) is 12.4. The molecule has 0 radical (unpaired) electrons. The zero-order chi connectivity index (χ0) is 25.4. The Kier molecular flexibility index (Phi) is 5.92. The van der Waals surface area contributed by atoms with Crippen molar-refractivity contribution >= 4 is 33.6 Å². The van der Waals surface area contributed by atoms with Crippen LogP contribution in [0.1, 0.15) is 12.5 Å². The molecule has 8 heteroatoms. The van der Waals surface area contributed by atoms with Gasteiger partial charge in [0.1, 0.15) is 12.4 Å². The molecule has 0 saturated carbocycles. The Morgan fingerprint density at radius 2 is 1.78 bits per heavy atom.